The molecule has 1 fully saturated rings. The SMILES string of the molecule is CCOc1cc(C(=O)N2c3ccc(C)cc3C3CN(C)CCC32)cc(OCC)c1OCC. The minimum absolute atomic E-state index is 0.0166. The van der Waals surface area contributed by atoms with Gasteiger partial charge in [0.1, 0.15) is 0 Å². The van der Waals surface area contributed by atoms with Crippen LogP contribution in [0.3, 0.4) is 0 Å². The molecule has 1 saturated heterocycles. The molecule has 2 aromatic carbocycles. The fourth-order valence-electron chi connectivity index (χ4n) is 5.00. The Bertz CT molecular complexity index is 963. The van der Waals surface area contributed by atoms with Crippen LogP contribution in [-0.4, -0.2) is 56.8 Å². The van der Waals surface area contributed by atoms with Gasteiger partial charge in [0.15, 0.2) is 11.5 Å². The molecule has 1 amide bonds. The van der Waals surface area contributed by atoms with Crippen molar-refractivity contribution in [2.75, 3.05) is 44.9 Å². The molecule has 2 unspecified atom stereocenters. The molecule has 2 heterocycles. The van der Waals surface area contributed by atoms with Crippen molar-refractivity contribution < 1.29 is 19.0 Å². The normalized spacial score (nSPS) is 20.0. The number of carbonyl (C=O) groups is 1. The fourth-order valence-corrected chi connectivity index (χ4v) is 5.00. The van der Waals surface area contributed by atoms with Crippen LogP contribution in [0.25, 0.3) is 0 Å². The Morgan fingerprint density at radius 3 is 2.28 bits per heavy atom. The number of amides is 1. The largest absolute Gasteiger partial charge is 0.490 e. The van der Waals surface area contributed by atoms with Crippen molar-refractivity contribution in [1.82, 2.24) is 4.90 Å². The summed E-state index contributed by atoms with van der Waals surface area (Å²) in [4.78, 5) is 18.3. The highest BCUT2D eigenvalue weighted by molar-refractivity contribution is 6.08. The molecular formula is C26H34N2O4. The number of likely N-dealkylation sites (tertiary alicyclic amines) is 1. The van der Waals surface area contributed by atoms with Crippen molar-refractivity contribution in [3.05, 3.63) is 47.0 Å². The van der Waals surface area contributed by atoms with Gasteiger partial charge in [-0.25, -0.2) is 0 Å². The Balaban J connectivity index is 1.78. The van der Waals surface area contributed by atoms with Crippen LogP contribution in [0.4, 0.5) is 5.69 Å². The number of carbonyl (C=O) groups excluding carboxylic acids is 1. The number of piperidine rings is 1. The molecule has 4 rings (SSSR count). The summed E-state index contributed by atoms with van der Waals surface area (Å²) in [7, 11) is 2.16. The van der Waals surface area contributed by atoms with Gasteiger partial charge < -0.3 is 24.0 Å². The van der Waals surface area contributed by atoms with Crippen LogP contribution in [-0.2, 0) is 0 Å². The first-order valence-electron chi connectivity index (χ1n) is 11.7. The lowest BCUT2D eigenvalue weighted by molar-refractivity contribution is 0.0963. The van der Waals surface area contributed by atoms with Gasteiger partial charge in [0.25, 0.3) is 5.91 Å². The average Bonchev–Trinajstić information content (AvgIpc) is 3.08. The van der Waals surface area contributed by atoms with E-state index in [0.717, 1.165) is 25.2 Å². The summed E-state index contributed by atoms with van der Waals surface area (Å²) in [6, 6.07) is 10.2. The molecule has 2 aliphatic heterocycles. The molecule has 2 aliphatic rings. The van der Waals surface area contributed by atoms with Crippen LogP contribution < -0.4 is 19.1 Å². The molecule has 0 radical (unpaired) electrons. The Hall–Kier alpha value is -2.73. The van der Waals surface area contributed by atoms with Gasteiger partial charge in [0.2, 0.25) is 5.75 Å². The van der Waals surface area contributed by atoms with E-state index in [2.05, 4.69) is 37.1 Å². The van der Waals surface area contributed by atoms with E-state index in [0.29, 0.717) is 48.6 Å². The number of ether oxygens (including phenoxy) is 3. The molecule has 0 N–H and O–H groups in total. The lowest BCUT2D eigenvalue weighted by Gasteiger charge is -2.36. The number of fused-ring (bicyclic) bond motifs is 3. The summed E-state index contributed by atoms with van der Waals surface area (Å²) in [5.74, 6) is 1.96. The van der Waals surface area contributed by atoms with Gasteiger partial charge in [-0.1, -0.05) is 17.7 Å². The molecule has 0 bridgehead atoms. The van der Waals surface area contributed by atoms with Gasteiger partial charge in [-0.2, -0.15) is 0 Å². The number of aryl methyl sites for hydroxylation is 1. The maximum absolute atomic E-state index is 14.0. The first kappa shape index (κ1) is 22.5. The highest BCUT2D eigenvalue weighted by Gasteiger charge is 2.44. The smallest absolute Gasteiger partial charge is 0.258 e. The van der Waals surface area contributed by atoms with E-state index < -0.39 is 0 Å². The van der Waals surface area contributed by atoms with E-state index in [4.69, 9.17) is 14.2 Å². The number of anilines is 1. The van der Waals surface area contributed by atoms with E-state index in [-0.39, 0.29) is 11.9 Å². The molecule has 32 heavy (non-hydrogen) atoms. The van der Waals surface area contributed by atoms with E-state index in [1.165, 1.54) is 11.1 Å². The number of benzene rings is 2. The molecule has 6 heteroatoms. The fraction of sp³-hybridized carbons (Fsp3) is 0.500. The predicted molar refractivity (Wildman–Crippen MR) is 127 cm³/mol. The van der Waals surface area contributed by atoms with Crippen molar-refractivity contribution in [3.8, 4) is 17.2 Å². The molecule has 0 aromatic heterocycles. The number of nitrogens with zero attached hydrogens (tertiary/aromatic N) is 2. The Morgan fingerprint density at radius 2 is 1.66 bits per heavy atom. The van der Waals surface area contributed by atoms with Gasteiger partial charge in [0.05, 0.1) is 19.8 Å². The third-order valence-electron chi connectivity index (χ3n) is 6.33. The molecule has 0 aliphatic carbocycles. The van der Waals surface area contributed by atoms with Crippen LogP contribution in [0.2, 0.25) is 0 Å². The molecule has 0 spiro atoms. The number of likely N-dealkylation sites (N-methyl/N-ethyl adjacent to an activating group) is 1. The van der Waals surface area contributed by atoms with E-state index in [1.807, 2.05) is 25.7 Å². The van der Waals surface area contributed by atoms with E-state index in [1.54, 1.807) is 12.1 Å². The minimum Gasteiger partial charge on any atom is -0.490 e. The van der Waals surface area contributed by atoms with Gasteiger partial charge >= 0.3 is 0 Å². The molecular weight excluding hydrogens is 404 g/mol. The first-order valence-corrected chi connectivity index (χ1v) is 11.7. The summed E-state index contributed by atoms with van der Waals surface area (Å²) in [5, 5.41) is 0. The zero-order chi connectivity index (χ0) is 22.8. The van der Waals surface area contributed by atoms with Gasteiger partial charge in [-0.15, -0.1) is 0 Å². The van der Waals surface area contributed by atoms with Crippen molar-refractivity contribution >= 4 is 11.6 Å². The molecule has 2 aromatic rings. The minimum atomic E-state index is -0.0166. The second-order valence-corrected chi connectivity index (χ2v) is 8.56. The van der Waals surface area contributed by atoms with Gasteiger partial charge in [-0.3, -0.25) is 4.79 Å². The Labute approximate surface area is 191 Å². The van der Waals surface area contributed by atoms with Crippen molar-refractivity contribution in [3.63, 3.8) is 0 Å². The molecule has 172 valence electrons. The van der Waals surface area contributed by atoms with Crippen LogP contribution in [0.15, 0.2) is 30.3 Å². The molecule has 0 saturated carbocycles. The lowest BCUT2D eigenvalue weighted by atomic mass is 9.88. The second-order valence-electron chi connectivity index (χ2n) is 8.56. The van der Waals surface area contributed by atoms with E-state index in [9.17, 15) is 4.79 Å². The molecule has 2 atom stereocenters. The first-order chi connectivity index (χ1) is 15.5. The Kier molecular flexibility index (Phi) is 6.60. The number of hydrogen-bond acceptors (Lipinski definition) is 5. The third kappa shape index (κ3) is 4.04. The maximum atomic E-state index is 14.0. The number of hydrogen-bond donors (Lipinski definition) is 0. The summed E-state index contributed by atoms with van der Waals surface area (Å²) < 4.78 is 17.5. The van der Waals surface area contributed by atoms with Crippen LogP contribution in [0.5, 0.6) is 17.2 Å². The molecule has 6 nitrogen and oxygen atoms in total. The Morgan fingerprint density at radius 1 is 1.00 bits per heavy atom. The summed E-state index contributed by atoms with van der Waals surface area (Å²) in [6.07, 6.45) is 0.953. The van der Waals surface area contributed by atoms with Crippen molar-refractivity contribution in [2.45, 2.75) is 46.1 Å². The average molecular weight is 439 g/mol. The summed E-state index contributed by atoms with van der Waals surface area (Å²) >= 11 is 0. The maximum Gasteiger partial charge on any atom is 0.258 e. The third-order valence-corrected chi connectivity index (χ3v) is 6.33. The number of rotatable bonds is 7. The zero-order valence-electron chi connectivity index (χ0n) is 19.8. The highest BCUT2D eigenvalue weighted by Crippen LogP contribution is 2.46. The van der Waals surface area contributed by atoms with Crippen molar-refractivity contribution in [2.24, 2.45) is 0 Å². The summed E-state index contributed by atoms with van der Waals surface area (Å²) in [5.41, 5.74) is 4.08. The van der Waals surface area contributed by atoms with Crippen LogP contribution >= 0.6 is 0 Å². The zero-order valence-corrected chi connectivity index (χ0v) is 19.8. The second kappa shape index (κ2) is 9.41. The predicted octanol–water partition coefficient (Wildman–Crippen LogP) is 4.64. The standard InChI is InChI=1S/C26H34N2O4/c1-6-30-23-14-18(15-24(31-7-2)25(23)32-8-3)26(29)28-21-10-9-17(4)13-19(21)20-16-27(5)12-11-22(20)28/h9-10,13-15,20,22H,6-8,11-12,16H2,1-5H3. The van der Waals surface area contributed by atoms with Crippen LogP contribution in [0.1, 0.15) is 54.6 Å². The van der Waals surface area contributed by atoms with E-state index >= 15 is 0 Å². The summed E-state index contributed by atoms with van der Waals surface area (Å²) in [6.45, 7) is 11.3. The quantitative estimate of drug-likeness (QED) is 0.630. The van der Waals surface area contributed by atoms with Crippen molar-refractivity contribution in [1.29, 1.82) is 0 Å². The van der Waals surface area contributed by atoms with Gasteiger partial charge in [-0.05, 0) is 71.5 Å². The lowest BCUT2D eigenvalue weighted by Crippen LogP contribution is -2.47. The highest BCUT2D eigenvalue weighted by atomic mass is 16.5. The van der Waals surface area contributed by atoms with Gasteiger partial charge in [0, 0.05) is 29.8 Å². The van der Waals surface area contributed by atoms with Crippen LogP contribution in [0, 0.1) is 6.92 Å². The monoisotopic (exact) mass is 438 g/mol. The topological polar surface area (TPSA) is 51.2 Å².